The monoisotopic (exact) mass is 249 g/mol. The number of hydrogen-bond donors (Lipinski definition) is 1. The van der Waals surface area contributed by atoms with Gasteiger partial charge in [-0.25, -0.2) is 0 Å². The fourth-order valence-corrected chi connectivity index (χ4v) is 1.91. The minimum absolute atomic E-state index is 0.331. The van der Waals surface area contributed by atoms with E-state index in [0.717, 1.165) is 13.0 Å². The van der Waals surface area contributed by atoms with Gasteiger partial charge in [0.1, 0.15) is 0 Å². The van der Waals surface area contributed by atoms with E-state index in [4.69, 9.17) is 5.11 Å². The third-order valence-corrected chi connectivity index (χ3v) is 3.37. The van der Waals surface area contributed by atoms with Gasteiger partial charge in [-0.2, -0.15) is 0 Å². The molecule has 0 heterocycles. The molecule has 0 saturated carbocycles. The third kappa shape index (κ3) is 4.49. The Labute approximate surface area is 109 Å². The van der Waals surface area contributed by atoms with Crippen molar-refractivity contribution in [3.8, 4) is 0 Å². The highest BCUT2D eigenvalue weighted by Gasteiger charge is 2.19. The van der Waals surface area contributed by atoms with Crippen LogP contribution < -0.4 is 0 Å². The number of carboxylic acid groups (broad SMARTS) is 1. The summed E-state index contributed by atoms with van der Waals surface area (Å²) < 4.78 is 0. The average Bonchev–Trinajstić information content (AvgIpc) is 2.38. The molecule has 0 amide bonds. The van der Waals surface area contributed by atoms with E-state index in [0.29, 0.717) is 12.6 Å². The second kappa shape index (κ2) is 7.17. The molecule has 0 aromatic heterocycles. The number of carbonyl (C=O) groups is 1. The zero-order valence-electron chi connectivity index (χ0n) is 11.5. The fourth-order valence-electron chi connectivity index (χ4n) is 1.91. The predicted molar refractivity (Wildman–Crippen MR) is 73.4 cm³/mol. The van der Waals surface area contributed by atoms with Gasteiger partial charge in [0.05, 0.1) is 5.92 Å². The molecule has 2 atom stereocenters. The van der Waals surface area contributed by atoms with E-state index in [1.54, 1.807) is 6.92 Å². The minimum atomic E-state index is -0.726. The maximum Gasteiger partial charge on any atom is 0.307 e. The first kappa shape index (κ1) is 14.7. The van der Waals surface area contributed by atoms with Gasteiger partial charge in [0.15, 0.2) is 0 Å². The van der Waals surface area contributed by atoms with Crippen LogP contribution in [0.3, 0.4) is 0 Å². The summed E-state index contributed by atoms with van der Waals surface area (Å²) in [6, 6.07) is 10.6. The number of hydrogen-bond acceptors (Lipinski definition) is 2. The molecule has 0 spiro atoms. The van der Waals surface area contributed by atoms with Gasteiger partial charge in [-0.3, -0.25) is 9.69 Å². The number of rotatable bonds is 7. The van der Waals surface area contributed by atoms with Gasteiger partial charge in [-0.15, -0.1) is 0 Å². The van der Waals surface area contributed by atoms with E-state index in [9.17, 15) is 4.79 Å². The molecule has 0 radical (unpaired) electrons. The summed E-state index contributed by atoms with van der Waals surface area (Å²) in [6.07, 6.45) is 1.03. The van der Waals surface area contributed by atoms with E-state index < -0.39 is 5.97 Å². The molecule has 3 heteroatoms. The molecule has 0 saturated heterocycles. The van der Waals surface area contributed by atoms with Gasteiger partial charge in [0.25, 0.3) is 0 Å². The van der Waals surface area contributed by atoms with Crippen LogP contribution >= 0.6 is 0 Å². The van der Waals surface area contributed by atoms with Crippen molar-refractivity contribution in [2.24, 2.45) is 5.92 Å². The molecule has 1 aromatic rings. The van der Waals surface area contributed by atoms with Crippen LogP contribution in [0.15, 0.2) is 30.3 Å². The highest BCUT2D eigenvalue weighted by molar-refractivity contribution is 5.69. The van der Waals surface area contributed by atoms with Crippen LogP contribution in [0.1, 0.15) is 32.8 Å². The quantitative estimate of drug-likeness (QED) is 0.807. The Morgan fingerprint density at radius 2 is 1.89 bits per heavy atom. The van der Waals surface area contributed by atoms with Crippen molar-refractivity contribution in [2.45, 2.75) is 39.8 Å². The SMILES string of the molecule is CCC(C)N(Cc1ccccc1)CC(C)C(=O)O. The molecule has 1 N–H and O–H groups in total. The zero-order valence-corrected chi connectivity index (χ0v) is 11.5. The third-order valence-electron chi connectivity index (χ3n) is 3.37. The lowest BCUT2D eigenvalue weighted by Gasteiger charge is -2.30. The van der Waals surface area contributed by atoms with Gasteiger partial charge < -0.3 is 5.11 Å². The molecule has 0 aliphatic heterocycles. The van der Waals surface area contributed by atoms with Gasteiger partial charge in [-0.05, 0) is 18.9 Å². The Kier molecular flexibility index (Phi) is 5.86. The second-order valence-corrected chi connectivity index (χ2v) is 4.91. The Hall–Kier alpha value is -1.35. The first-order valence-corrected chi connectivity index (χ1v) is 6.55. The number of nitrogens with zero attached hydrogens (tertiary/aromatic N) is 1. The van der Waals surface area contributed by atoms with Crippen molar-refractivity contribution in [1.82, 2.24) is 4.90 Å². The molecule has 2 unspecified atom stereocenters. The summed E-state index contributed by atoms with van der Waals surface area (Å²) in [5.74, 6) is -1.06. The van der Waals surface area contributed by atoms with Gasteiger partial charge in [0.2, 0.25) is 0 Å². The normalized spacial score (nSPS) is 14.4. The van der Waals surface area contributed by atoms with E-state index in [1.165, 1.54) is 5.56 Å². The van der Waals surface area contributed by atoms with Crippen LogP contribution in [0.25, 0.3) is 0 Å². The molecule has 1 aromatic carbocycles. The summed E-state index contributed by atoms with van der Waals surface area (Å²) in [6.45, 7) is 7.46. The minimum Gasteiger partial charge on any atom is -0.481 e. The summed E-state index contributed by atoms with van der Waals surface area (Å²) in [4.78, 5) is 13.2. The van der Waals surface area contributed by atoms with Crippen molar-refractivity contribution >= 4 is 5.97 Å². The molecule has 0 aliphatic carbocycles. The van der Waals surface area contributed by atoms with Crippen LogP contribution in [0.4, 0.5) is 0 Å². The maximum absolute atomic E-state index is 11.0. The molecule has 0 bridgehead atoms. The number of aliphatic carboxylic acids is 1. The van der Waals surface area contributed by atoms with E-state index in [1.807, 2.05) is 18.2 Å². The van der Waals surface area contributed by atoms with Gasteiger partial charge >= 0.3 is 5.97 Å². The highest BCUT2D eigenvalue weighted by atomic mass is 16.4. The molecule has 1 rings (SSSR count). The number of benzene rings is 1. The van der Waals surface area contributed by atoms with Crippen LogP contribution in [-0.2, 0) is 11.3 Å². The summed E-state index contributed by atoms with van der Waals surface area (Å²) in [5, 5.41) is 9.02. The van der Waals surface area contributed by atoms with E-state index >= 15 is 0 Å². The molecule has 0 aliphatic rings. The molecule has 100 valence electrons. The lowest BCUT2D eigenvalue weighted by Crippen LogP contribution is -2.37. The van der Waals surface area contributed by atoms with Crippen LogP contribution in [-0.4, -0.2) is 28.6 Å². The lowest BCUT2D eigenvalue weighted by atomic mass is 10.1. The molecule has 18 heavy (non-hydrogen) atoms. The fraction of sp³-hybridized carbons (Fsp3) is 0.533. The van der Waals surface area contributed by atoms with Crippen LogP contribution in [0.5, 0.6) is 0 Å². The summed E-state index contributed by atoms with van der Waals surface area (Å²) in [5.41, 5.74) is 1.23. The van der Waals surface area contributed by atoms with Gasteiger partial charge in [-0.1, -0.05) is 44.2 Å². The van der Waals surface area contributed by atoms with Crippen molar-refractivity contribution in [2.75, 3.05) is 6.54 Å². The highest BCUT2D eigenvalue weighted by Crippen LogP contribution is 2.13. The van der Waals surface area contributed by atoms with Crippen LogP contribution in [0, 0.1) is 5.92 Å². The van der Waals surface area contributed by atoms with E-state index in [-0.39, 0.29) is 5.92 Å². The summed E-state index contributed by atoms with van der Waals surface area (Å²) in [7, 11) is 0. The maximum atomic E-state index is 11.0. The molecular weight excluding hydrogens is 226 g/mol. The predicted octanol–water partition coefficient (Wildman–Crippen LogP) is 3.01. The van der Waals surface area contributed by atoms with E-state index in [2.05, 4.69) is 30.9 Å². The van der Waals surface area contributed by atoms with Crippen molar-refractivity contribution in [1.29, 1.82) is 0 Å². The smallest absolute Gasteiger partial charge is 0.307 e. The zero-order chi connectivity index (χ0) is 13.5. The molecule has 3 nitrogen and oxygen atoms in total. The lowest BCUT2D eigenvalue weighted by molar-refractivity contribution is -0.142. The summed E-state index contributed by atoms with van der Waals surface area (Å²) >= 11 is 0. The average molecular weight is 249 g/mol. The standard InChI is InChI=1S/C15H23NO2/c1-4-13(3)16(10-12(2)15(17)18)11-14-8-6-5-7-9-14/h5-9,12-13H,4,10-11H2,1-3H3,(H,17,18). The number of carboxylic acids is 1. The van der Waals surface area contributed by atoms with Crippen molar-refractivity contribution in [3.05, 3.63) is 35.9 Å². The first-order valence-electron chi connectivity index (χ1n) is 6.55. The molecule has 0 fully saturated rings. The topological polar surface area (TPSA) is 40.5 Å². The second-order valence-electron chi connectivity index (χ2n) is 4.91. The Bertz CT molecular complexity index is 364. The largest absolute Gasteiger partial charge is 0.481 e. The first-order chi connectivity index (χ1) is 8.54. The Morgan fingerprint density at radius 1 is 1.28 bits per heavy atom. The molecular formula is C15H23NO2. The van der Waals surface area contributed by atoms with Gasteiger partial charge in [0, 0.05) is 19.1 Å². The van der Waals surface area contributed by atoms with Crippen molar-refractivity contribution in [3.63, 3.8) is 0 Å². The van der Waals surface area contributed by atoms with Crippen molar-refractivity contribution < 1.29 is 9.90 Å². The Morgan fingerprint density at radius 3 is 2.39 bits per heavy atom. The Balaban J connectivity index is 2.70. The van der Waals surface area contributed by atoms with Crippen LogP contribution in [0.2, 0.25) is 0 Å².